The van der Waals surface area contributed by atoms with Crippen LogP contribution < -0.4 is 10.5 Å². The molecule has 1 aromatic heterocycles. The zero-order chi connectivity index (χ0) is 19.0. The molecule has 4 rings (SSSR count). The third-order valence-corrected chi connectivity index (χ3v) is 5.69. The number of hydrogen-bond donors (Lipinski definition) is 0. The largest absolute Gasteiger partial charge is 0.343 e. The van der Waals surface area contributed by atoms with Gasteiger partial charge in [-0.1, -0.05) is 53.2 Å². The lowest BCUT2D eigenvalue weighted by Crippen LogP contribution is -2.38. The van der Waals surface area contributed by atoms with E-state index in [2.05, 4.69) is 4.98 Å². The number of thioether (sulfide) groups is 1. The minimum absolute atomic E-state index is 0.0705. The molecule has 0 atom stereocenters. The molecule has 0 saturated carbocycles. The van der Waals surface area contributed by atoms with Crippen LogP contribution in [0.15, 0.2) is 58.5 Å². The van der Waals surface area contributed by atoms with E-state index in [-0.39, 0.29) is 11.1 Å². The van der Waals surface area contributed by atoms with Gasteiger partial charge in [-0.3, -0.25) is 9.36 Å². The summed E-state index contributed by atoms with van der Waals surface area (Å²) in [7, 11) is 0. The van der Waals surface area contributed by atoms with E-state index in [1.807, 2.05) is 66.4 Å². The lowest BCUT2D eigenvalue weighted by atomic mass is 10.1. The molecule has 1 aliphatic rings. The van der Waals surface area contributed by atoms with Crippen LogP contribution in [0.5, 0.6) is 0 Å². The maximum absolute atomic E-state index is 13.0. The van der Waals surface area contributed by atoms with Crippen molar-refractivity contribution in [3.05, 3.63) is 75.0 Å². The molecule has 7 heteroatoms. The predicted molar refractivity (Wildman–Crippen MR) is 108 cm³/mol. The number of hydrogen-bond acceptors (Lipinski definition) is 5. The third-order valence-electron chi connectivity index (χ3n) is 4.42. The predicted octanol–water partition coefficient (Wildman–Crippen LogP) is 4.27. The summed E-state index contributed by atoms with van der Waals surface area (Å²) in [5, 5.41) is 10.9. The standard InChI is InChI=1S/C20H15ClN4OS/c1-13-2-4-14(5-3-13)18-17(10-22)19(26)25-11-24(12-27-20(25)23-18)16-8-6-15(21)7-9-16/h2-9H,11-12H2,1H3. The molecule has 0 bridgehead atoms. The zero-order valence-corrected chi connectivity index (χ0v) is 16.1. The highest BCUT2D eigenvalue weighted by Crippen LogP contribution is 2.30. The van der Waals surface area contributed by atoms with Gasteiger partial charge in [0.2, 0.25) is 0 Å². The normalized spacial score (nSPS) is 13.1. The Bertz CT molecular complexity index is 1100. The fourth-order valence-corrected chi connectivity index (χ4v) is 4.03. The number of aryl methyl sites for hydroxylation is 1. The van der Waals surface area contributed by atoms with Gasteiger partial charge in [0.1, 0.15) is 18.3 Å². The van der Waals surface area contributed by atoms with E-state index in [0.717, 1.165) is 16.8 Å². The van der Waals surface area contributed by atoms with Crippen LogP contribution in [0.3, 0.4) is 0 Å². The number of aromatic nitrogens is 2. The lowest BCUT2D eigenvalue weighted by Gasteiger charge is -2.31. The topological polar surface area (TPSA) is 61.9 Å². The van der Waals surface area contributed by atoms with Crippen LogP contribution in [0.4, 0.5) is 5.69 Å². The summed E-state index contributed by atoms with van der Waals surface area (Å²) < 4.78 is 1.55. The van der Waals surface area contributed by atoms with Crippen molar-refractivity contribution in [2.75, 3.05) is 10.8 Å². The van der Waals surface area contributed by atoms with Gasteiger partial charge in [-0.05, 0) is 31.2 Å². The van der Waals surface area contributed by atoms with Crippen molar-refractivity contribution in [1.82, 2.24) is 9.55 Å². The average Bonchev–Trinajstić information content (AvgIpc) is 2.69. The molecule has 0 saturated heterocycles. The molecule has 3 aromatic rings. The van der Waals surface area contributed by atoms with Crippen LogP contribution in [-0.2, 0) is 6.67 Å². The van der Waals surface area contributed by atoms with Gasteiger partial charge in [-0.15, -0.1) is 0 Å². The van der Waals surface area contributed by atoms with Crippen LogP contribution in [0.1, 0.15) is 11.1 Å². The summed E-state index contributed by atoms with van der Waals surface area (Å²) in [6.07, 6.45) is 0. The van der Waals surface area contributed by atoms with Crippen LogP contribution in [0.2, 0.25) is 5.02 Å². The molecule has 0 fully saturated rings. The molecule has 134 valence electrons. The Balaban J connectivity index is 1.77. The number of rotatable bonds is 2. The van der Waals surface area contributed by atoms with Crippen molar-refractivity contribution in [3.63, 3.8) is 0 Å². The molecular weight excluding hydrogens is 380 g/mol. The quantitative estimate of drug-likeness (QED) is 0.607. The Morgan fingerprint density at radius 3 is 2.52 bits per heavy atom. The van der Waals surface area contributed by atoms with Gasteiger partial charge in [-0.25, -0.2) is 4.98 Å². The highest BCUT2D eigenvalue weighted by atomic mass is 35.5. The first-order valence-electron chi connectivity index (χ1n) is 8.32. The monoisotopic (exact) mass is 394 g/mol. The molecule has 0 unspecified atom stereocenters. The fourth-order valence-electron chi connectivity index (χ4n) is 2.95. The maximum atomic E-state index is 13.0. The molecule has 0 N–H and O–H groups in total. The second-order valence-corrected chi connectivity index (χ2v) is 7.61. The van der Waals surface area contributed by atoms with Crippen LogP contribution in [-0.4, -0.2) is 15.4 Å². The van der Waals surface area contributed by atoms with Gasteiger partial charge in [-0.2, -0.15) is 5.26 Å². The lowest BCUT2D eigenvalue weighted by molar-refractivity contribution is 0.560. The number of nitriles is 1. The fraction of sp³-hybridized carbons (Fsp3) is 0.150. The first-order chi connectivity index (χ1) is 13.1. The van der Waals surface area contributed by atoms with Crippen LogP contribution in [0, 0.1) is 18.3 Å². The molecular formula is C20H15ClN4OS. The molecule has 27 heavy (non-hydrogen) atoms. The highest BCUT2D eigenvalue weighted by molar-refractivity contribution is 7.99. The molecule has 0 amide bonds. The van der Waals surface area contributed by atoms with Gasteiger partial charge in [0.15, 0.2) is 5.16 Å². The van der Waals surface area contributed by atoms with Crippen molar-refractivity contribution in [2.24, 2.45) is 0 Å². The summed E-state index contributed by atoms with van der Waals surface area (Å²) >= 11 is 7.43. The Labute approximate surface area is 165 Å². The van der Waals surface area contributed by atoms with Gasteiger partial charge < -0.3 is 4.90 Å². The van der Waals surface area contributed by atoms with Gasteiger partial charge >= 0.3 is 0 Å². The van der Waals surface area contributed by atoms with E-state index in [9.17, 15) is 10.1 Å². The minimum atomic E-state index is -0.316. The summed E-state index contributed by atoms with van der Waals surface area (Å²) in [6.45, 7) is 2.34. The molecule has 0 aliphatic carbocycles. The molecule has 1 aliphatic heterocycles. The van der Waals surface area contributed by atoms with Crippen molar-refractivity contribution in [3.8, 4) is 17.3 Å². The Morgan fingerprint density at radius 2 is 1.85 bits per heavy atom. The van der Waals surface area contributed by atoms with E-state index in [4.69, 9.17) is 11.6 Å². The first-order valence-corrected chi connectivity index (χ1v) is 9.68. The van der Waals surface area contributed by atoms with E-state index in [0.29, 0.717) is 28.4 Å². The van der Waals surface area contributed by atoms with Crippen molar-refractivity contribution in [2.45, 2.75) is 18.7 Å². The van der Waals surface area contributed by atoms with Crippen LogP contribution >= 0.6 is 23.4 Å². The average molecular weight is 395 g/mol. The number of nitrogens with zero attached hydrogens (tertiary/aromatic N) is 4. The van der Waals surface area contributed by atoms with Gasteiger partial charge in [0.05, 0.1) is 11.6 Å². The second-order valence-electron chi connectivity index (χ2n) is 6.26. The highest BCUT2D eigenvalue weighted by Gasteiger charge is 2.24. The maximum Gasteiger partial charge on any atom is 0.274 e. The third kappa shape index (κ3) is 3.32. The minimum Gasteiger partial charge on any atom is -0.343 e. The Hall–Kier alpha value is -2.75. The molecule has 0 spiro atoms. The van der Waals surface area contributed by atoms with E-state index >= 15 is 0 Å². The molecule has 2 heterocycles. The van der Waals surface area contributed by atoms with Gasteiger partial charge in [0.25, 0.3) is 5.56 Å². The number of benzene rings is 2. The first kappa shape index (κ1) is 17.7. The SMILES string of the molecule is Cc1ccc(-c2nc3n(c(=O)c2C#N)CN(c2ccc(Cl)cc2)CS3)cc1. The van der Waals surface area contributed by atoms with Crippen molar-refractivity contribution < 1.29 is 0 Å². The number of fused-ring (bicyclic) bond motifs is 1. The Morgan fingerprint density at radius 1 is 1.15 bits per heavy atom. The summed E-state index contributed by atoms with van der Waals surface area (Å²) in [4.78, 5) is 19.7. The summed E-state index contributed by atoms with van der Waals surface area (Å²) in [5.41, 5.74) is 3.05. The van der Waals surface area contributed by atoms with E-state index < -0.39 is 0 Å². The van der Waals surface area contributed by atoms with E-state index in [1.165, 1.54) is 11.8 Å². The van der Waals surface area contributed by atoms with Crippen molar-refractivity contribution >= 4 is 29.1 Å². The summed E-state index contributed by atoms with van der Waals surface area (Å²) in [5.74, 6) is 0.660. The molecule has 5 nitrogen and oxygen atoms in total. The van der Waals surface area contributed by atoms with Gasteiger partial charge in [0, 0.05) is 16.3 Å². The zero-order valence-electron chi connectivity index (χ0n) is 14.5. The smallest absolute Gasteiger partial charge is 0.274 e. The Kier molecular flexibility index (Phi) is 4.65. The number of anilines is 1. The second kappa shape index (κ2) is 7.10. The molecule has 2 aromatic carbocycles. The molecule has 0 radical (unpaired) electrons. The summed E-state index contributed by atoms with van der Waals surface area (Å²) in [6, 6.07) is 17.2. The van der Waals surface area contributed by atoms with E-state index in [1.54, 1.807) is 4.57 Å². The van der Waals surface area contributed by atoms with Crippen molar-refractivity contribution in [1.29, 1.82) is 5.26 Å². The number of halogens is 1. The van der Waals surface area contributed by atoms with Crippen LogP contribution in [0.25, 0.3) is 11.3 Å².